The monoisotopic (exact) mass is 255 g/mol. The number of nitrogens with zero attached hydrogens (tertiary/aromatic N) is 3. The number of aromatic nitrogens is 3. The van der Waals surface area contributed by atoms with Gasteiger partial charge >= 0.3 is 0 Å². The molecular weight excluding hydrogens is 242 g/mol. The Morgan fingerprint density at radius 1 is 1.32 bits per heavy atom. The molecule has 0 radical (unpaired) electrons. The van der Waals surface area contributed by atoms with Crippen LogP contribution in [-0.4, -0.2) is 15.1 Å². The number of hydrogen-bond acceptors (Lipinski definition) is 6. The molecule has 0 saturated carbocycles. The third-order valence-electron chi connectivity index (χ3n) is 2.81. The average molecular weight is 255 g/mol. The maximum Gasteiger partial charge on any atom is 0.223 e. The number of nitrogen functional groups attached to an aromatic ring is 1. The molecule has 3 rings (SSSR count). The van der Waals surface area contributed by atoms with Crippen LogP contribution in [0.2, 0.25) is 0 Å². The zero-order chi connectivity index (χ0) is 13.2. The molecule has 0 amide bonds. The zero-order valence-electron chi connectivity index (χ0n) is 10.4. The maximum absolute atomic E-state index is 5.91. The van der Waals surface area contributed by atoms with Crippen LogP contribution in [0.4, 0.5) is 11.4 Å². The van der Waals surface area contributed by atoms with Crippen LogP contribution in [0.15, 0.2) is 35.0 Å². The van der Waals surface area contributed by atoms with Gasteiger partial charge in [0.2, 0.25) is 5.89 Å². The fourth-order valence-corrected chi connectivity index (χ4v) is 1.94. The van der Waals surface area contributed by atoms with Crippen molar-refractivity contribution in [3.8, 4) is 0 Å². The summed E-state index contributed by atoms with van der Waals surface area (Å²) in [6.45, 7) is 2.25. The molecule has 1 aromatic carbocycles. The van der Waals surface area contributed by atoms with Gasteiger partial charge < -0.3 is 15.6 Å². The van der Waals surface area contributed by atoms with Crippen LogP contribution in [0.3, 0.4) is 0 Å². The van der Waals surface area contributed by atoms with Crippen molar-refractivity contribution in [2.45, 2.75) is 13.5 Å². The molecule has 3 N–H and O–H groups in total. The van der Waals surface area contributed by atoms with Crippen molar-refractivity contribution in [1.29, 1.82) is 0 Å². The molecule has 6 nitrogen and oxygen atoms in total. The van der Waals surface area contributed by atoms with Crippen molar-refractivity contribution in [3.05, 3.63) is 42.2 Å². The smallest absolute Gasteiger partial charge is 0.223 e. The highest BCUT2D eigenvalue weighted by atomic mass is 16.5. The number of benzene rings is 1. The standard InChI is InChI=1S/C13H13N5O/c1-8-17-12(18-19-8)7-16-11-5-6-15-13-9(11)3-2-4-10(13)14/h2-6H,7,14H2,1H3,(H,15,16). The number of rotatable bonds is 3. The molecule has 0 atom stereocenters. The maximum atomic E-state index is 5.91. The van der Waals surface area contributed by atoms with Crippen LogP contribution in [0, 0.1) is 6.92 Å². The van der Waals surface area contributed by atoms with E-state index in [1.54, 1.807) is 13.1 Å². The molecule has 3 aromatic rings. The normalized spacial score (nSPS) is 10.8. The van der Waals surface area contributed by atoms with E-state index in [1.807, 2.05) is 24.3 Å². The lowest BCUT2D eigenvalue weighted by molar-refractivity contribution is 0.388. The second-order valence-electron chi connectivity index (χ2n) is 4.19. The third kappa shape index (κ3) is 2.20. The van der Waals surface area contributed by atoms with E-state index in [0.717, 1.165) is 16.6 Å². The minimum Gasteiger partial charge on any atom is -0.397 e. The van der Waals surface area contributed by atoms with Crippen LogP contribution in [0.25, 0.3) is 10.9 Å². The quantitative estimate of drug-likeness (QED) is 0.697. The lowest BCUT2D eigenvalue weighted by Gasteiger charge is -2.08. The van der Waals surface area contributed by atoms with Gasteiger partial charge in [0, 0.05) is 24.2 Å². The first kappa shape index (κ1) is 11.5. The first-order valence-electron chi connectivity index (χ1n) is 5.90. The molecule has 0 unspecified atom stereocenters. The van der Waals surface area contributed by atoms with Crippen molar-refractivity contribution in [2.24, 2.45) is 0 Å². The second-order valence-corrected chi connectivity index (χ2v) is 4.19. The highest BCUT2D eigenvalue weighted by Gasteiger charge is 2.06. The molecule has 0 saturated heterocycles. The molecule has 6 heteroatoms. The summed E-state index contributed by atoms with van der Waals surface area (Å²) >= 11 is 0. The number of nitrogens with one attached hydrogen (secondary N) is 1. The minimum absolute atomic E-state index is 0.491. The first-order valence-corrected chi connectivity index (χ1v) is 5.90. The van der Waals surface area contributed by atoms with Gasteiger partial charge in [0.15, 0.2) is 5.82 Å². The summed E-state index contributed by atoms with van der Waals surface area (Å²) in [5.74, 6) is 1.17. The summed E-state index contributed by atoms with van der Waals surface area (Å²) in [6.07, 6.45) is 1.72. The Balaban J connectivity index is 1.91. The fraction of sp³-hybridized carbons (Fsp3) is 0.154. The van der Waals surface area contributed by atoms with Gasteiger partial charge in [0.05, 0.1) is 17.7 Å². The Morgan fingerprint density at radius 3 is 3.00 bits per heavy atom. The predicted octanol–water partition coefficient (Wildman–Crippen LogP) is 2.12. The lowest BCUT2D eigenvalue weighted by Crippen LogP contribution is -2.02. The molecule has 0 aliphatic rings. The third-order valence-corrected chi connectivity index (χ3v) is 2.81. The SMILES string of the molecule is Cc1nc(CNc2ccnc3c(N)cccc23)no1. The van der Waals surface area contributed by atoms with E-state index in [1.165, 1.54) is 0 Å². The fourth-order valence-electron chi connectivity index (χ4n) is 1.94. The molecule has 2 aromatic heterocycles. The zero-order valence-corrected chi connectivity index (χ0v) is 10.4. The van der Waals surface area contributed by atoms with Gasteiger partial charge in [-0.15, -0.1) is 0 Å². The summed E-state index contributed by atoms with van der Waals surface area (Å²) in [5.41, 5.74) is 8.30. The molecule has 2 heterocycles. The van der Waals surface area contributed by atoms with Crippen LogP contribution in [-0.2, 0) is 6.54 Å². The molecule has 96 valence electrons. The number of para-hydroxylation sites is 1. The van der Waals surface area contributed by atoms with E-state index >= 15 is 0 Å². The number of hydrogen-bond donors (Lipinski definition) is 2. The summed E-state index contributed by atoms with van der Waals surface area (Å²) < 4.78 is 4.93. The van der Waals surface area contributed by atoms with Gasteiger partial charge in [0.25, 0.3) is 0 Å². The first-order chi connectivity index (χ1) is 9.24. The van der Waals surface area contributed by atoms with Crippen molar-refractivity contribution >= 4 is 22.3 Å². The predicted molar refractivity (Wildman–Crippen MR) is 72.5 cm³/mol. The van der Waals surface area contributed by atoms with Crippen LogP contribution in [0.1, 0.15) is 11.7 Å². The van der Waals surface area contributed by atoms with E-state index in [9.17, 15) is 0 Å². The molecule has 0 spiro atoms. The highest BCUT2D eigenvalue weighted by molar-refractivity contribution is 5.97. The highest BCUT2D eigenvalue weighted by Crippen LogP contribution is 2.25. The molecule has 0 fully saturated rings. The van der Waals surface area contributed by atoms with Crippen molar-refractivity contribution in [2.75, 3.05) is 11.1 Å². The summed E-state index contributed by atoms with van der Waals surface area (Å²) in [4.78, 5) is 8.43. The van der Waals surface area contributed by atoms with E-state index in [0.29, 0.717) is 23.9 Å². The summed E-state index contributed by atoms with van der Waals surface area (Å²) in [6, 6.07) is 7.61. The van der Waals surface area contributed by atoms with Gasteiger partial charge in [-0.05, 0) is 12.1 Å². The average Bonchev–Trinajstić information content (AvgIpc) is 2.83. The van der Waals surface area contributed by atoms with E-state index in [-0.39, 0.29) is 0 Å². The van der Waals surface area contributed by atoms with E-state index in [4.69, 9.17) is 10.3 Å². The molecule has 0 bridgehead atoms. The van der Waals surface area contributed by atoms with Crippen molar-refractivity contribution < 1.29 is 4.52 Å². The van der Waals surface area contributed by atoms with Crippen molar-refractivity contribution in [1.82, 2.24) is 15.1 Å². The Bertz CT molecular complexity index is 722. The number of pyridine rings is 1. The number of fused-ring (bicyclic) bond motifs is 1. The number of aryl methyl sites for hydroxylation is 1. The minimum atomic E-state index is 0.491. The van der Waals surface area contributed by atoms with Crippen LogP contribution < -0.4 is 11.1 Å². The lowest BCUT2D eigenvalue weighted by atomic mass is 10.1. The van der Waals surface area contributed by atoms with Gasteiger partial charge in [-0.25, -0.2) is 0 Å². The van der Waals surface area contributed by atoms with E-state index in [2.05, 4.69) is 20.4 Å². The van der Waals surface area contributed by atoms with Gasteiger partial charge in [0.1, 0.15) is 0 Å². The molecular formula is C13H13N5O. The Hall–Kier alpha value is -2.63. The van der Waals surface area contributed by atoms with Crippen molar-refractivity contribution in [3.63, 3.8) is 0 Å². The summed E-state index contributed by atoms with van der Waals surface area (Å²) in [5, 5.41) is 8.08. The molecule has 19 heavy (non-hydrogen) atoms. The Kier molecular flexibility index (Phi) is 2.75. The van der Waals surface area contributed by atoms with Crippen LogP contribution >= 0.6 is 0 Å². The topological polar surface area (TPSA) is 89.9 Å². The van der Waals surface area contributed by atoms with E-state index < -0.39 is 0 Å². The summed E-state index contributed by atoms with van der Waals surface area (Å²) in [7, 11) is 0. The Labute approximate surface area is 109 Å². The van der Waals surface area contributed by atoms with Gasteiger partial charge in [-0.1, -0.05) is 17.3 Å². The van der Waals surface area contributed by atoms with Gasteiger partial charge in [-0.2, -0.15) is 4.98 Å². The largest absolute Gasteiger partial charge is 0.397 e. The number of anilines is 2. The Morgan fingerprint density at radius 2 is 2.21 bits per heavy atom. The second kappa shape index (κ2) is 4.56. The van der Waals surface area contributed by atoms with Gasteiger partial charge in [-0.3, -0.25) is 4.98 Å². The van der Waals surface area contributed by atoms with Crippen LogP contribution in [0.5, 0.6) is 0 Å². The molecule has 0 aliphatic carbocycles. The number of nitrogens with two attached hydrogens (primary N) is 1. The molecule has 0 aliphatic heterocycles.